The van der Waals surface area contributed by atoms with Gasteiger partial charge in [-0.25, -0.2) is 4.39 Å². The lowest BCUT2D eigenvalue weighted by atomic mass is 9.95. The maximum absolute atomic E-state index is 13.5. The van der Waals surface area contributed by atoms with Crippen molar-refractivity contribution in [2.75, 3.05) is 12.4 Å². The van der Waals surface area contributed by atoms with E-state index in [0.717, 1.165) is 48.6 Å². The second-order valence-electron chi connectivity index (χ2n) is 9.56. The summed E-state index contributed by atoms with van der Waals surface area (Å²) >= 11 is 0. The molecule has 35 heavy (non-hydrogen) atoms. The van der Waals surface area contributed by atoms with E-state index in [4.69, 9.17) is 4.74 Å². The van der Waals surface area contributed by atoms with Gasteiger partial charge in [0.05, 0.1) is 12.7 Å². The number of piperidine rings is 1. The van der Waals surface area contributed by atoms with E-state index in [0.29, 0.717) is 29.1 Å². The zero-order chi connectivity index (χ0) is 24.5. The van der Waals surface area contributed by atoms with Gasteiger partial charge in [-0.1, -0.05) is 36.4 Å². The van der Waals surface area contributed by atoms with Gasteiger partial charge in [0.2, 0.25) is 5.91 Å². The first-order valence-electron chi connectivity index (χ1n) is 12.1. The van der Waals surface area contributed by atoms with Crippen molar-refractivity contribution in [2.45, 2.75) is 57.3 Å². The molecule has 2 fully saturated rings. The lowest BCUT2D eigenvalue weighted by Crippen LogP contribution is -2.50. The van der Waals surface area contributed by atoms with Crippen LogP contribution in [0.5, 0.6) is 5.75 Å². The second kappa shape index (κ2) is 9.66. The molecular weight excluding hydrogens is 445 g/mol. The summed E-state index contributed by atoms with van der Waals surface area (Å²) in [6, 6.07) is 16.8. The zero-order valence-electron chi connectivity index (χ0n) is 20.0. The Morgan fingerprint density at radius 1 is 1.03 bits per heavy atom. The van der Waals surface area contributed by atoms with Gasteiger partial charge < -0.3 is 15.4 Å². The van der Waals surface area contributed by atoms with E-state index in [1.54, 1.807) is 13.2 Å². The van der Waals surface area contributed by atoms with E-state index in [1.165, 1.54) is 19.1 Å². The Morgan fingerprint density at radius 2 is 1.69 bits per heavy atom. The fourth-order valence-electron chi connectivity index (χ4n) is 5.74. The highest BCUT2D eigenvalue weighted by Gasteiger charge is 2.41. The highest BCUT2D eigenvalue weighted by atomic mass is 19.1. The molecule has 3 aromatic rings. The highest BCUT2D eigenvalue weighted by Crippen LogP contribution is 2.38. The van der Waals surface area contributed by atoms with E-state index in [2.05, 4.69) is 15.5 Å². The Morgan fingerprint density at radius 3 is 2.31 bits per heavy atom. The molecule has 2 heterocycles. The van der Waals surface area contributed by atoms with Gasteiger partial charge in [-0.3, -0.25) is 14.5 Å². The number of benzene rings is 3. The lowest BCUT2D eigenvalue weighted by molar-refractivity contribution is -0.114. The van der Waals surface area contributed by atoms with E-state index in [1.807, 2.05) is 36.4 Å². The van der Waals surface area contributed by atoms with Crippen molar-refractivity contribution in [1.29, 1.82) is 0 Å². The van der Waals surface area contributed by atoms with E-state index >= 15 is 0 Å². The zero-order valence-corrected chi connectivity index (χ0v) is 20.0. The van der Waals surface area contributed by atoms with Crippen molar-refractivity contribution >= 4 is 28.3 Å². The summed E-state index contributed by atoms with van der Waals surface area (Å²) in [5.41, 5.74) is 2.11. The monoisotopic (exact) mass is 475 g/mol. The van der Waals surface area contributed by atoms with Crippen LogP contribution in [0.4, 0.5) is 10.1 Å². The molecule has 0 aliphatic carbocycles. The number of amides is 2. The first kappa shape index (κ1) is 23.3. The first-order chi connectivity index (χ1) is 16.9. The average Bonchev–Trinajstić information content (AvgIpc) is 3.07. The van der Waals surface area contributed by atoms with E-state index < -0.39 is 0 Å². The summed E-state index contributed by atoms with van der Waals surface area (Å²) in [4.78, 5) is 27.8. The summed E-state index contributed by atoms with van der Waals surface area (Å²) in [7, 11) is 1.56. The van der Waals surface area contributed by atoms with Crippen LogP contribution in [0.25, 0.3) is 10.8 Å². The maximum atomic E-state index is 13.5. The third-order valence-corrected chi connectivity index (χ3v) is 7.25. The normalized spacial score (nSPS) is 21.6. The number of methoxy groups -OCH3 is 1. The quantitative estimate of drug-likeness (QED) is 0.534. The Hall–Kier alpha value is -3.45. The number of nitrogens with zero attached hydrogens (tertiary/aromatic N) is 1. The van der Waals surface area contributed by atoms with Gasteiger partial charge in [-0.05, 0) is 49.4 Å². The number of ether oxygens (including phenoxy) is 1. The van der Waals surface area contributed by atoms with Gasteiger partial charge in [-0.15, -0.1) is 0 Å². The van der Waals surface area contributed by atoms with Crippen molar-refractivity contribution in [1.82, 2.24) is 10.2 Å². The van der Waals surface area contributed by atoms with Gasteiger partial charge in [0.25, 0.3) is 5.91 Å². The molecule has 0 spiro atoms. The Bertz CT molecular complexity index is 1250. The number of nitrogens with one attached hydrogen (secondary N) is 2. The van der Waals surface area contributed by atoms with Gasteiger partial charge >= 0.3 is 0 Å². The minimum absolute atomic E-state index is 0.0601. The van der Waals surface area contributed by atoms with Crippen LogP contribution in [-0.2, 0) is 11.3 Å². The van der Waals surface area contributed by atoms with Crippen molar-refractivity contribution in [2.24, 2.45) is 0 Å². The smallest absolute Gasteiger partial charge is 0.255 e. The fourth-order valence-corrected chi connectivity index (χ4v) is 5.74. The van der Waals surface area contributed by atoms with Crippen molar-refractivity contribution in [3.05, 3.63) is 71.5 Å². The van der Waals surface area contributed by atoms with Crippen LogP contribution in [0.2, 0.25) is 0 Å². The number of carbonyl (C=O) groups excluding carboxylic acids is 2. The average molecular weight is 476 g/mol. The van der Waals surface area contributed by atoms with Crippen molar-refractivity contribution in [3.63, 3.8) is 0 Å². The molecule has 2 aliphatic heterocycles. The second-order valence-corrected chi connectivity index (χ2v) is 9.56. The molecule has 2 unspecified atom stereocenters. The molecule has 7 heteroatoms. The standard InChI is InChI=1S/C28H30FN3O3/c1-17(33)30-26-15-25(27(35-2)24-6-4-3-5-23(24)26)28(34)31-20-13-21-11-12-22(14-20)32(21)16-18-7-9-19(29)10-8-18/h3-10,15,20-22H,11-14,16H2,1-2H3,(H,30,33)(H,31,34). The van der Waals surface area contributed by atoms with Gasteiger partial charge in [0.15, 0.2) is 0 Å². The molecule has 2 bridgehead atoms. The third kappa shape index (κ3) is 4.73. The van der Waals surface area contributed by atoms with Gasteiger partial charge in [0.1, 0.15) is 11.6 Å². The van der Waals surface area contributed by atoms with Crippen LogP contribution in [0.1, 0.15) is 48.5 Å². The van der Waals surface area contributed by atoms with Crippen molar-refractivity contribution in [3.8, 4) is 5.75 Å². The van der Waals surface area contributed by atoms with E-state index in [9.17, 15) is 14.0 Å². The number of halogens is 1. The molecule has 2 N–H and O–H groups in total. The number of rotatable bonds is 6. The molecule has 182 valence electrons. The SMILES string of the molecule is COc1c(C(=O)NC2CC3CCC(C2)N3Cc2ccc(F)cc2)cc(NC(C)=O)c2ccccc12. The van der Waals surface area contributed by atoms with E-state index in [-0.39, 0.29) is 23.7 Å². The topological polar surface area (TPSA) is 70.7 Å². The third-order valence-electron chi connectivity index (χ3n) is 7.25. The predicted molar refractivity (Wildman–Crippen MR) is 134 cm³/mol. The summed E-state index contributed by atoms with van der Waals surface area (Å²) in [5, 5.41) is 7.69. The Kier molecular flexibility index (Phi) is 6.43. The van der Waals surface area contributed by atoms with Crippen LogP contribution in [0.15, 0.2) is 54.6 Å². The minimum atomic E-state index is -0.219. The number of hydrogen-bond acceptors (Lipinski definition) is 4. The minimum Gasteiger partial charge on any atom is -0.495 e. The van der Waals surface area contributed by atoms with Crippen LogP contribution < -0.4 is 15.4 Å². The molecule has 2 saturated heterocycles. The number of carbonyl (C=O) groups is 2. The molecule has 0 radical (unpaired) electrons. The molecule has 3 aromatic carbocycles. The lowest BCUT2D eigenvalue weighted by Gasteiger charge is -2.39. The van der Waals surface area contributed by atoms with Gasteiger partial charge in [0, 0.05) is 48.1 Å². The number of fused-ring (bicyclic) bond motifs is 3. The molecule has 2 amide bonds. The number of hydrogen-bond donors (Lipinski definition) is 2. The number of anilines is 1. The molecular formula is C28H30FN3O3. The summed E-state index contributed by atoms with van der Waals surface area (Å²) < 4.78 is 19.0. The largest absolute Gasteiger partial charge is 0.495 e. The Balaban J connectivity index is 1.34. The summed E-state index contributed by atoms with van der Waals surface area (Å²) in [5.74, 6) is -0.111. The highest BCUT2D eigenvalue weighted by molar-refractivity contribution is 6.10. The van der Waals surface area contributed by atoms with Crippen LogP contribution >= 0.6 is 0 Å². The predicted octanol–water partition coefficient (Wildman–Crippen LogP) is 4.87. The van der Waals surface area contributed by atoms with Crippen LogP contribution in [0, 0.1) is 5.82 Å². The molecule has 0 aromatic heterocycles. The Labute approximate surface area is 204 Å². The molecule has 5 rings (SSSR count). The molecule has 2 atom stereocenters. The van der Waals surface area contributed by atoms with Crippen LogP contribution in [0.3, 0.4) is 0 Å². The summed E-state index contributed by atoms with van der Waals surface area (Å²) in [6.07, 6.45) is 3.95. The summed E-state index contributed by atoms with van der Waals surface area (Å²) in [6.45, 7) is 2.25. The molecule has 0 saturated carbocycles. The molecule has 2 aliphatic rings. The fraction of sp³-hybridized carbons (Fsp3) is 0.357. The van der Waals surface area contributed by atoms with Gasteiger partial charge in [-0.2, -0.15) is 0 Å². The maximum Gasteiger partial charge on any atom is 0.255 e. The van der Waals surface area contributed by atoms with Crippen LogP contribution in [-0.4, -0.2) is 41.9 Å². The first-order valence-corrected chi connectivity index (χ1v) is 12.1. The molecule has 6 nitrogen and oxygen atoms in total. The van der Waals surface area contributed by atoms with Crippen molar-refractivity contribution < 1.29 is 18.7 Å².